The van der Waals surface area contributed by atoms with Crippen molar-refractivity contribution >= 4 is 27.8 Å². The van der Waals surface area contributed by atoms with Gasteiger partial charge in [0.15, 0.2) is 0 Å². The Bertz CT molecular complexity index is 1280. The highest BCUT2D eigenvalue weighted by Gasteiger charge is 2.21. The van der Waals surface area contributed by atoms with Gasteiger partial charge < -0.3 is 9.30 Å². The zero-order chi connectivity index (χ0) is 24.9. The van der Waals surface area contributed by atoms with Crippen LogP contribution in [0.25, 0.3) is 5.69 Å². The fraction of sp³-hybridized carbons (Fsp3) is 0.280. The van der Waals surface area contributed by atoms with Gasteiger partial charge >= 0.3 is 0 Å². The third-order valence-corrected chi connectivity index (χ3v) is 6.42. The smallest absolute Gasteiger partial charge is 0.260 e. The molecule has 1 heterocycles. The van der Waals surface area contributed by atoms with E-state index in [0.717, 1.165) is 33.2 Å². The van der Waals surface area contributed by atoms with Crippen LogP contribution in [0.15, 0.2) is 59.7 Å². The Balaban J connectivity index is 1.71. The van der Waals surface area contributed by atoms with E-state index in [-0.39, 0.29) is 0 Å². The number of aryl methyl sites for hydroxylation is 2. The average Bonchev–Trinajstić information content (AvgIpc) is 3.06. The van der Waals surface area contributed by atoms with E-state index in [1.165, 1.54) is 5.56 Å². The second-order valence-corrected chi connectivity index (χ2v) is 9.89. The number of sulfonamides is 1. The molecule has 0 aliphatic carbocycles. The monoisotopic (exact) mass is 482 g/mol. The third-order valence-electron chi connectivity index (χ3n) is 5.28. The molecule has 0 spiro atoms. The molecular weight excluding hydrogens is 452 g/mol. The first-order valence-corrected chi connectivity index (χ1v) is 12.7. The highest BCUT2D eigenvalue weighted by atomic mass is 32.2. The van der Waals surface area contributed by atoms with Gasteiger partial charge in [-0.05, 0) is 70.2 Å². The molecule has 0 saturated carbocycles. The fourth-order valence-corrected chi connectivity index (χ4v) is 4.48. The molecule has 1 aromatic heterocycles. The summed E-state index contributed by atoms with van der Waals surface area (Å²) in [5, 5.41) is 4.05. The summed E-state index contributed by atoms with van der Waals surface area (Å²) in [7, 11) is -3.68. The number of hydrogen-bond donors (Lipinski definition) is 1. The predicted molar refractivity (Wildman–Crippen MR) is 136 cm³/mol. The van der Waals surface area contributed by atoms with Crippen LogP contribution in [-0.2, 0) is 14.8 Å². The number of ether oxygens (including phenoxy) is 1. The van der Waals surface area contributed by atoms with Crippen molar-refractivity contribution in [3.63, 3.8) is 0 Å². The number of benzene rings is 2. The van der Waals surface area contributed by atoms with E-state index in [1.54, 1.807) is 30.5 Å². The lowest BCUT2D eigenvalue weighted by molar-refractivity contribution is -0.119. The minimum atomic E-state index is -3.68. The van der Waals surface area contributed by atoms with Gasteiger partial charge in [-0.3, -0.25) is 9.10 Å². The maximum atomic E-state index is 12.5. The number of nitrogens with one attached hydrogen (secondary N) is 1. The first kappa shape index (κ1) is 25.0. The Hall–Kier alpha value is -3.59. The number of nitrogens with zero attached hydrogens (tertiary/aromatic N) is 3. The van der Waals surface area contributed by atoms with E-state index in [0.29, 0.717) is 18.0 Å². The van der Waals surface area contributed by atoms with Gasteiger partial charge in [-0.25, -0.2) is 13.8 Å². The van der Waals surface area contributed by atoms with Crippen LogP contribution in [0, 0.1) is 20.8 Å². The van der Waals surface area contributed by atoms with Crippen molar-refractivity contribution < 1.29 is 17.9 Å². The molecule has 2 aromatic carbocycles. The zero-order valence-corrected chi connectivity index (χ0v) is 20.9. The van der Waals surface area contributed by atoms with Gasteiger partial charge in [-0.15, -0.1) is 0 Å². The summed E-state index contributed by atoms with van der Waals surface area (Å²) in [6, 6.07) is 16.7. The molecule has 8 nitrogen and oxygen atoms in total. The molecule has 0 bridgehead atoms. The van der Waals surface area contributed by atoms with E-state index < -0.39 is 22.5 Å². The highest BCUT2D eigenvalue weighted by molar-refractivity contribution is 7.92. The van der Waals surface area contributed by atoms with Gasteiger partial charge in [0.25, 0.3) is 5.91 Å². The van der Waals surface area contributed by atoms with Gasteiger partial charge in [0.05, 0.1) is 24.8 Å². The minimum absolute atomic E-state index is 0.367. The van der Waals surface area contributed by atoms with Crippen molar-refractivity contribution in [3.05, 3.63) is 77.1 Å². The molecule has 1 N–H and O–H groups in total. The molecule has 0 saturated heterocycles. The fourth-order valence-electron chi connectivity index (χ4n) is 3.62. The molecule has 34 heavy (non-hydrogen) atoms. The van der Waals surface area contributed by atoms with Crippen molar-refractivity contribution in [2.45, 2.75) is 27.7 Å². The SMILES string of the molecule is CCOc1ccc(N(CC(=O)N/N=C\c2cc(C)n(-c3ccc(C)cc3)c2C)S(C)(=O)=O)cc1. The van der Waals surface area contributed by atoms with Gasteiger partial charge in [-0.1, -0.05) is 17.7 Å². The minimum Gasteiger partial charge on any atom is -0.494 e. The molecule has 0 atom stereocenters. The van der Waals surface area contributed by atoms with Crippen LogP contribution >= 0.6 is 0 Å². The van der Waals surface area contributed by atoms with Crippen molar-refractivity contribution in [2.75, 3.05) is 23.7 Å². The Morgan fingerprint density at radius 2 is 1.74 bits per heavy atom. The predicted octanol–water partition coefficient (Wildman–Crippen LogP) is 3.72. The van der Waals surface area contributed by atoms with Gasteiger partial charge in [0.1, 0.15) is 12.3 Å². The number of carbonyl (C=O) groups excluding carboxylic acids is 1. The summed E-state index contributed by atoms with van der Waals surface area (Å²) in [6.07, 6.45) is 2.62. The molecule has 3 aromatic rings. The molecule has 9 heteroatoms. The standard InChI is InChI=1S/C25H30N4O4S/c1-6-33-24-13-11-22(12-14-24)28(34(5,31)32)17-25(30)27-26-16-21-15-19(3)29(20(21)4)23-9-7-18(2)8-10-23/h7-16H,6,17H2,1-5H3,(H,27,30)/b26-16-. The molecule has 0 aliphatic rings. The van der Waals surface area contributed by atoms with Crippen molar-refractivity contribution in [3.8, 4) is 11.4 Å². The van der Waals surface area contributed by atoms with E-state index in [1.807, 2.05) is 33.8 Å². The second-order valence-electron chi connectivity index (χ2n) is 7.99. The number of amides is 1. The second kappa shape index (κ2) is 10.6. The highest BCUT2D eigenvalue weighted by Crippen LogP contribution is 2.22. The largest absolute Gasteiger partial charge is 0.494 e. The quantitative estimate of drug-likeness (QED) is 0.372. The maximum absolute atomic E-state index is 12.5. The first-order chi connectivity index (χ1) is 16.1. The Morgan fingerprint density at radius 1 is 1.09 bits per heavy atom. The lowest BCUT2D eigenvalue weighted by atomic mass is 10.2. The third kappa shape index (κ3) is 6.05. The lowest BCUT2D eigenvalue weighted by Crippen LogP contribution is -2.39. The summed E-state index contributed by atoms with van der Waals surface area (Å²) in [6.45, 7) is 8.00. The number of carbonyl (C=O) groups is 1. The summed E-state index contributed by atoms with van der Waals surface area (Å²) in [5.74, 6) is 0.0693. The normalized spacial score (nSPS) is 11.6. The number of anilines is 1. The van der Waals surface area contributed by atoms with Crippen LogP contribution in [0.3, 0.4) is 0 Å². The molecule has 3 rings (SSSR count). The number of rotatable bonds is 9. The van der Waals surface area contributed by atoms with Crippen LogP contribution in [0.4, 0.5) is 5.69 Å². The zero-order valence-electron chi connectivity index (χ0n) is 20.1. The molecule has 0 aliphatic heterocycles. The number of aromatic nitrogens is 1. The molecule has 1 amide bonds. The first-order valence-electron chi connectivity index (χ1n) is 10.9. The Labute approximate surface area is 200 Å². The average molecular weight is 483 g/mol. The maximum Gasteiger partial charge on any atom is 0.260 e. The van der Waals surface area contributed by atoms with E-state index >= 15 is 0 Å². The molecule has 0 radical (unpaired) electrons. The number of hydrazone groups is 1. The summed E-state index contributed by atoms with van der Waals surface area (Å²) < 4.78 is 33.1. The van der Waals surface area contributed by atoms with E-state index in [9.17, 15) is 13.2 Å². The molecule has 180 valence electrons. The summed E-state index contributed by atoms with van der Waals surface area (Å²) in [4.78, 5) is 12.5. The van der Waals surface area contributed by atoms with Crippen LogP contribution in [-0.4, -0.2) is 44.5 Å². The molecule has 0 unspecified atom stereocenters. The molecule has 0 fully saturated rings. The lowest BCUT2D eigenvalue weighted by Gasteiger charge is -2.21. The summed E-state index contributed by atoms with van der Waals surface area (Å²) >= 11 is 0. The van der Waals surface area contributed by atoms with Crippen molar-refractivity contribution in [2.24, 2.45) is 5.10 Å². The topological polar surface area (TPSA) is 93.0 Å². The van der Waals surface area contributed by atoms with Gasteiger partial charge in [0, 0.05) is 22.6 Å². The van der Waals surface area contributed by atoms with E-state index in [4.69, 9.17) is 4.74 Å². The van der Waals surface area contributed by atoms with Crippen molar-refractivity contribution in [1.82, 2.24) is 9.99 Å². The van der Waals surface area contributed by atoms with Crippen LogP contribution in [0.5, 0.6) is 5.75 Å². The van der Waals surface area contributed by atoms with Crippen LogP contribution < -0.4 is 14.5 Å². The van der Waals surface area contributed by atoms with Crippen LogP contribution in [0.2, 0.25) is 0 Å². The number of hydrogen-bond acceptors (Lipinski definition) is 5. The Morgan fingerprint density at radius 3 is 2.32 bits per heavy atom. The van der Waals surface area contributed by atoms with E-state index in [2.05, 4.69) is 39.4 Å². The van der Waals surface area contributed by atoms with Gasteiger partial charge in [0.2, 0.25) is 10.0 Å². The molecular formula is C25H30N4O4S. The van der Waals surface area contributed by atoms with Gasteiger partial charge in [-0.2, -0.15) is 5.10 Å². The summed E-state index contributed by atoms with van der Waals surface area (Å²) in [5.41, 5.74) is 7.89. The van der Waals surface area contributed by atoms with Crippen molar-refractivity contribution in [1.29, 1.82) is 0 Å². The Kier molecular flexibility index (Phi) is 7.78. The van der Waals surface area contributed by atoms with Crippen LogP contribution in [0.1, 0.15) is 29.4 Å².